The summed E-state index contributed by atoms with van der Waals surface area (Å²) < 4.78 is 0. The second-order valence-electron chi connectivity index (χ2n) is 5.72. The largest absolute Gasteiger partial charge is 0.299 e. The Labute approximate surface area is 106 Å². The number of benzene rings is 1. The van der Waals surface area contributed by atoms with E-state index in [-0.39, 0.29) is 0 Å². The van der Waals surface area contributed by atoms with Crippen LogP contribution in [0.25, 0.3) is 0 Å². The molecule has 0 saturated carbocycles. The summed E-state index contributed by atoms with van der Waals surface area (Å²) in [6.45, 7) is 8.43. The minimum atomic E-state index is 0.825. The molecule has 1 aromatic carbocycles. The molecule has 0 aromatic heterocycles. The molecule has 1 saturated heterocycles. The Balaban J connectivity index is 1.95. The van der Waals surface area contributed by atoms with E-state index in [0.717, 1.165) is 18.4 Å². The van der Waals surface area contributed by atoms with Crippen molar-refractivity contribution in [1.82, 2.24) is 4.90 Å². The van der Waals surface area contributed by atoms with Crippen molar-refractivity contribution in [2.24, 2.45) is 11.8 Å². The molecule has 1 heterocycles. The van der Waals surface area contributed by atoms with E-state index in [1.54, 1.807) is 0 Å². The molecule has 17 heavy (non-hydrogen) atoms. The molecule has 1 nitrogen and oxygen atoms in total. The molecule has 0 spiro atoms. The molecule has 0 aliphatic carbocycles. The van der Waals surface area contributed by atoms with Crippen molar-refractivity contribution < 1.29 is 0 Å². The van der Waals surface area contributed by atoms with Gasteiger partial charge < -0.3 is 0 Å². The van der Waals surface area contributed by atoms with Crippen molar-refractivity contribution in [2.45, 2.75) is 39.7 Å². The first-order valence-electron chi connectivity index (χ1n) is 7.02. The first kappa shape index (κ1) is 12.6. The Morgan fingerprint density at radius 3 is 2.65 bits per heavy atom. The lowest BCUT2D eigenvalue weighted by Crippen LogP contribution is -2.29. The molecule has 1 fully saturated rings. The molecule has 0 N–H and O–H groups in total. The number of nitrogens with zero attached hydrogens (tertiary/aromatic N) is 1. The normalized spacial score (nSPS) is 22.6. The van der Waals surface area contributed by atoms with Gasteiger partial charge in [0.2, 0.25) is 0 Å². The molecule has 1 aromatic rings. The van der Waals surface area contributed by atoms with Gasteiger partial charge in [0.15, 0.2) is 0 Å². The van der Waals surface area contributed by atoms with E-state index in [2.05, 4.69) is 49.1 Å². The lowest BCUT2D eigenvalue weighted by Gasteiger charge is -2.26. The monoisotopic (exact) mass is 231 g/mol. The average Bonchev–Trinajstić information content (AvgIpc) is 2.56. The number of likely N-dealkylation sites (tertiary alicyclic amines) is 1. The summed E-state index contributed by atoms with van der Waals surface area (Å²) in [5.74, 6) is 1.72. The quantitative estimate of drug-likeness (QED) is 0.761. The van der Waals surface area contributed by atoms with Gasteiger partial charge in [0.1, 0.15) is 0 Å². The third-order valence-electron chi connectivity index (χ3n) is 3.98. The Hall–Kier alpha value is -0.820. The van der Waals surface area contributed by atoms with E-state index in [1.165, 1.54) is 37.9 Å². The number of hydrogen-bond acceptors (Lipinski definition) is 1. The van der Waals surface area contributed by atoms with Gasteiger partial charge in [-0.1, -0.05) is 50.6 Å². The third-order valence-corrected chi connectivity index (χ3v) is 3.98. The van der Waals surface area contributed by atoms with E-state index in [0.29, 0.717) is 0 Å². The lowest BCUT2D eigenvalue weighted by atomic mass is 9.91. The second kappa shape index (κ2) is 6.20. The smallest absolute Gasteiger partial charge is 0.0233 e. The summed E-state index contributed by atoms with van der Waals surface area (Å²) >= 11 is 0. The zero-order valence-corrected chi connectivity index (χ0v) is 11.2. The molecule has 1 atom stereocenters. The van der Waals surface area contributed by atoms with Crippen LogP contribution in [0.3, 0.4) is 0 Å². The Kier molecular flexibility index (Phi) is 4.61. The fourth-order valence-electron chi connectivity index (χ4n) is 2.79. The molecule has 2 rings (SSSR count). The zero-order chi connectivity index (χ0) is 12.1. The van der Waals surface area contributed by atoms with Crippen LogP contribution in [0.4, 0.5) is 0 Å². The van der Waals surface area contributed by atoms with Crippen molar-refractivity contribution in [2.75, 3.05) is 13.1 Å². The topological polar surface area (TPSA) is 3.24 Å². The van der Waals surface area contributed by atoms with Crippen LogP contribution >= 0.6 is 0 Å². The van der Waals surface area contributed by atoms with E-state index < -0.39 is 0 Å². The van der Waals surface area contributed by atoms with Crippen LogP contribution in [0.1, 0.15) is 38.7 Å². The van der Waals surface area contributed by atoms with Crippen molar-refractivity contribution >= 4 is 0 Å². The first-order valence-corrected chi connectivity index (χ1v) is 7.02. The van der Waals surface area contributed by atoms with Gasteiger partial charge in [0.25, 0.3) is 0 Å². The van der Waals surface area contributed by atoms with Crippen LogP contribution in [0.5, 0.6) is 0 Å². The molecular formula is C16H25N. The van der Waals surface area contributed by atoms with E-state index in [1.807, 2.05) is 0 Å². The standard InChI is InChI=1S/C16H25N/c1-14(2)16-10-6-7-11-17(13-16)12-15-8-4-3-5-9-15/h3-5,8-9,14,16H,6-7,10-13H2,1-2H3. The highest BCUT2D eigenvalue weighted by Crippen LogP contribution is 2.24. The van der Waals surface area contributed by atoms with Gasteiger partial charge in [-0.3, -0.25) is 4.90 Å². The maximum Gasteiger partial charge on any atom is 0.0233 e. The first-order chi connectivity index (χ1) is 8.25. The van der Waals surface area contributed by atoms with Crippen LogP contribution in [-0.4, -0.2) is 18.0 Å². The van der Waals surface area contributed by atoms with Crippen LogP contribution < -0.4 is 0 Å². The Bertz CT molecular complexity index is 318. The molecule has 0 amide bonds. The minimum absolute atomic E-state index is 0.825. The molecular weight excluding hydrogens is 206 g/mol. The van der Waals surface area contributed by atoms with Gasteiger partial charge in [-0.25, -0.2) is 0 Å². The predicted octanol–water partition coefficient (Wildman–Crippen LogP) is 3.94. The van der Waals surface area contributed by atoms with Crippen molar-refractivity contribution in [3.05, 3.63) is 35.9 Å². The van der Waals surface area contributed by atoms with Gasteiger partial charge in [0.05, 0.1) is 0 Å². The fourth-order valence-corrected chi connectivity index (χ4v) is 2.79. The summed E-state index contributed by atoms with van der Waals surface area (Å²) in [4.78, 5) is 2.65. The summed E-state index contributed by atoms with van der Waals surface area (Å²) in [6.07, 6.45) is 4.20. The molecule has 1 aliphatic rings. The number of hydrogen-bond donors (Lipinski definition) is 0. The summed E-state index contributed by atoms with van der Waals surface area (Å²) in [5, 5.41) is 0. The summed E-state index contributed by atoms with van der Waals surface area (Å²) in [7, 11) is 0. The molecule has 1 unspecified atom stereocenters. The maximum atomic E-state index is 2.65. The van der Waals surface area contributed by atoms with Crippen molar-refractivity contribution in [3.63, 3.8) is 0 Å². The summed E-state index contributed by atoms with van der Waals surface area (Å²) in [6, 6.07) is 10.9. The molecule has 0 bridgehead atoms. The van der Waals surface area contributed by atoms with E-state index >= 15 is 0 Å². The Morgan fingerprint density at radius 1 is 1.18 bits per heavy atom. The van der Waals surface area contributed by atoms with Gasteiger partial charge in [-0.2, -0.15) is 0 Å². The van der Waals surface area contributed by atoms with Crippen molar-refractivity contribution in [1.29, 1.82) is 0 Å². The van der Waals surface area contributed by atoms with Gasteiger partial charge >= 0.3 is 0 Å². The molecule has 1 aliphatic heterocycles. The average molecular weight is 231 g/mol. The molecule has 0 radical (unpaired) electrons. The lowest BCUT2D eigenvalue weighted by molar-refractivity contribution is 0.212. The number of rotatable bonds is 3. The minimum Gasteiger partial charge on any atom is -0.299 e. The SMILES string of the molecule is CC(C)C1CCCCN(Cc2ccccc2)C1. The highest BCUT2D eigenvalue weighted by atomic mass is 15.1. The molecule has 94 valence electrons. The van der Waals surface area contributed by atoms with Crippen LogP contribution in [0.2, 0.25) is 0 Å². The predicted molar refractivity (Wildman–Crippen MR) is 73.9 cm³/mol. The van der Waals surface area contributed by atoms with Crippen LogP contribution in [0.15, 0.2) is 30.3 Å². The van der Waals surface area contributed by atoms with Crippen LogP contribution in [-0.2, 0) is 6.54 Å². The van der Waals surface area contributed by atoms with Crippen molar-refractivity contribution in [3.8, 4) is 0 Å². The highest BCUT2D eigenvalue weighted by Gasteiger charge is 2.20. The van der Waals surface area contributed by atoms with E-state index in [4.69, 9.17) is 0 Å². The second-order valence-corrected chi connectivity index (χ2v) is 5.72. The van der Waals surface area contributed by atoms with Gasteiger partial charge in [-0.05, 0) is 36.8 Å². The zero-order valence-electron chi connectivity index (χ0n) is 11.2. The van der Waals surface area contributed by atoms with Crippen LogP contribution in [0, 0.1) is 11.8 Å². The van der Waals surface area contributed by atoms with E-state index in [9.17, 15) is 0 Å². The van der Waals surface area contributed by atoms with Gasteiger partial charge in [0, 0.05) is 13.1 Å². The highest BCUT2D eigenvalue weighted by molar-refractivity contribution is 5.14. The third kappa shape index (κ3) is 3.85. The van der Waals surface area contributed by atoms with Gasteiger partial charge in [-0.15, -0.1) is 0 Å². The fraction of sp³-hybridized carbons (Fsp3) is 0.625. The Morgan fingerprint density at radius 2 is 1.94 bits per heavy atom. The molecule has 1 heteroatoms. The summed E-state index contributed by atoms with van der Waals surface area (Å²) in [5.41, 5.74) is 1.46. The maximum absolute atomic E-state index is 2.65.